The van der Waals surface area contributed by atoms with E-state index in [1.165, 1.54) is 12.1 Å². The summed E-state index contributed by atoms with van der Waals surface area (Å²) in [6, 6.07) is 7.49. The second-order valence-electron chi connectivity index (χ2n) is 5.01. The minimum Gasteiger partial charge on any atom is -0.872 e. The minimum absolute atomic E-state index is 0.279. The van der Waals surface area contributed by atoms with Gasteiger partial charge in [-0.2, -0.15) is 0 Å². The minimum atomic E-state index is -1.31. The molecule has 1 saturated heterocycles. The fourth-order valence-corrected chi connectivity index (χ4v) is 2.94. The van der Waals surface area contributed by atoms with Gasteiger partial charge in [0.05, 0.1) is 16.2 Å². The number of hydrogen-bond donors (Lipinski definition) is 2. The molecule has 3 rings (SSSR count). The number of nitrogens with one attached hydrogen (secondary N) is 1. The Kier molecular flexibility index (Phi) is 4.13. The topological polar surface area (TPSA) is 107 Å². The average Bonchev–Trinajstić information content (AvgIpc) is 3.08. The van der Waals surface area contributed by atoms with Crippen LogP contribution in [0.1, 0.15) is 16.1 Å². The maximum Gasteiger partial charge on any atom is 0.335 e. The molecular formula is C16H12N3O4S-. The van der Waals surface area contributed by atoms with Crippen LogP contribution in [0.5, 0.6) is 5.75 Å². The third-order valence-electron chi connectivity index (χ3n) is 3.34. The highest BCUT2D eigenvalue weighted by molar-refractivity contribution is 8.18. The first-order valence-corrected chi connectivity index (χ1v) is 7.71. The fraction of sp³-hybridized carbons (Fsp3) is 0.0625. The van der Waals surface area contributed by atoms with Crippen LogP contribution in [-0.2, 0) is 11.8 Å². The van der Waals surface area contributed by atoms with Crippen LogP contribution in [0.3, 0.4) is 0 Å². The van der Waals surface area contributed by atoms with E-state index in [0.717, 1.165) is 23.5 Å². The van der Waals surface area contributed by atoms with Crippen molar-refractivity contribution in [1.29, 1.82) is 0 Å². The average molecular weight is 342 g/mol. The van der Waals surface area contributed by atoms with Gasteiger partial charge in [-0.1, -0.05) is 11.8 Å². The summed E-state index contributed by atoms with van der Waals surface area (Å²) in [6.45, 7) is 0. The number of carboxylic acids is 1. The number of nitrogens with zero attached hydrogens (tertiary/aromatic N) is 2. The van der Waals surface area contributed by atoms with Gasteiger partial charge in [-0.05, 0) is 42.1 Å². The van der Waals surface area contributed by atoms with Crippen molar-refractivity contribution in [3.8, 4) is 5.75 Å². The number of aryl methyl sites for hydroxylation is 1. The highest BCUT2D eigenvalue weighted by Crippen LogP contribution is 2.29. The van der Waals surface area contributed by atoms with Gasteiger partial charge >= 0.3 is 5.97 Å². The molecule has 24 heavy (non-hydrogen) atoms. The molecule has 1 aliphatic rings. The van der Waals surface area contributed by atoms with Crippen molar-refractivity contribution in [3.63, 3.8) is 0 Å². The molecule has 0 unspecified atom stereocenters. The van der Waals surface area contributed by atoms with Gasteiger partial charge in [-0.3, -0.25) is 4.79 Å². The number of benzene rings is 1. The van der Waals surface area contributed by atoms with Gasteiger partial charge in [0.1, 0.15) is 0 Å². The lowest BCUT2D eigenvalue weighted by molar-refractivity contribution is -0.268. The molecule has 1 aromatic carbocycles. The lowest BCUT2D eigenvalue weighted by Crippen LogP contribution is -2.19. The number of carboxylic acid groups (broad SMARTS) is 1. The van der Waals surface area contributed by atoms with E-state index in [1.807, 2.05) is 29.9 Å². The third kappa shape index (κ3) is 3.18. The van der Waals surface area contributed by atoms with Crippen LogP contribution in [0.4, 0.5) is 5.69 Å². The van der Waals surface area contributed by atoms with Crippen molar-refractivity contribution in [3.05, 3.63) is 52.7 Å². The highest BCUT2D eigenvalue weighted by Gasteiger charge is 2.24. The zero-order valence-corrected chi connectivity index (χ0v) is 13.3. The van der Waals surface area contributed by atoms with Crippen molar-refractivity contribution >= 4 is 40.6 Å². The summed E-state index contributed by atoms with van der Waals surface area (Å²) in [5, 5.41) is 23.4. The monoisotopic (exact) mass is 342 g/mol. The number of carbonyl (C=O) groups is 2. The van der Waals surface area contributed by atoms with Crippen LogP contribution in [0.25, 0.3) is 6.08 Å². The molecule has 0 atom stereocenters. The van der Waals surface area contributed by atoms with Crippen LogP contribution in [-0.4, -0.2) is 26.7 Å². The Balaban J connectivity index is 1.87. The van der Waals surface area contributed by atoms with Crippen LogP contribution in [0.2, 0.25) is 0 Å². The summed E-state index contributed by atoms with van der Waals surface area (Å²) in [5.74, 6) is -2.17. The van der Waals surface area contributed by atoms with E-state index >= 15 is 0 Å². The summed E-state index contributed by atoms with van der Waals surface area (Å²) in [6.07, 6.45) is 3.61. The second-order valence-corrected chi connectivity index (χ2v) is 6.04. The Hall–Kier alpha value is -3.00. The largest absolute Gasteiger partial charge is 0.872 e. The van der Waals surface area contributed by atoms with E-state index in [0.29, 0.717) is 10.1 Å². The number of rotatable bonds is 3. The molecule has 0 spiro atoms. The number of amidine groups is 1. The van der Waals surface area contributed by atoms with Crippen LogP contribution in [0, 0.1) is 0 Å². The second kappa shape index (κ2) is 6.25. The molecule has 7 nitrogen and oxygen atoms in total. The Morgan fingerprint density at radius 3 is 2.88 bits per heavy atom. The zero-order chi connectivity index (χ0) is 17.3. The molecule has 8 heteroatoms. The number of amides is 1. The standard InChI is InChI=1S/C16H13N3O4S/c1-19-6-2-3-10(19)8-13-14(21)18-16(24-13)17-9-4-5-12(20)11(7-9)15(22)23/h2-8,20H,1H3,(H,22,23)(H,17,18,21)/p-1/b13-8+. The van der Waals surface area contributed by atoms with Crippen LogP contribution in [0.15, 0.2) is 46.4 Å². The molecule has 1 fully saturated rings. The quantitative estimate of drug-likeness (QED) is 0.826. The van der Waals surface area contributed by atoms with Gasteiger partial charge in [-0.25, -0.2) is 9.79 Å². The molecule has 1 amide bonds. The highest BCUT2D eigenvalue weighted by atomic mass is 32.2. The number of thioether (sulfide) groups is 1. The van der Waals surface area contributed by atoms with Crippen molar-refractivity contribution in [2.75, 3.05) is 0 Å². The first-order chi connectivity index (χ1) is 11.4. The van der Waals surface area contributed by atoms with Crippen LogP contribution < -0.4 is 10.4 Å². The normalized spacial score (nSPS) is 17.5. The molecule has 0 bridgehead atoms. The van der Waals surface area contributed by atoms with Crippen molar-refractivity contribution in [1.82, 2.24) is 9.88 Å². The molecule has 0 saturated carbocycles. The van der Waals surface area contributed by atoms with Gasteiger partial charge in [0, 0.05) is 18.9 Å². The molecule has 1 aliphatic heterocycles. The lowest BCUT2D eigenvalue weighted by Gasteiger charge is -2.09. The first-order valence-electron chi connectivity index (χ1n) is 6.89. The van der Waals surface area contributed by atoms with E-state index in [1.54, 1.807) is 6.08 Å². The maximum atomic E-state index is 12.0. The van der Waals surface area contributed by atoms with Crippen molar-refractivity contribution in [2.24, 2.45) is 12.0 Å². The van der Waals surface area contributed by atoms with Crippen LogP contribution >= 0.6 is 11.8 Å². The Morgan fingerprint density at radius 2 is 2.21 bits per heavy atom. The maximum absolute atomic E-state index is 12.0. The van der Waals surface area contributed by atoms with Gasteiger partial charge in [-0.15, -0.1) is 0 Å². The number of carbonyl (C=O) groups excluding carboxylic acids is 1. The number of aromatic nitrogens is 1. The first kappa shape index (κ1) is 15.9. The van der Waals surface area contributed by atoms with Crippen molar-refractivity contribution < 1.29 is 19.8 Å². The van der Waals surface area contributed by atoms with E-state index in [9.17, 15) is 14.7 Å². The molecule has 122 valence electrons. The molecule has 2 heterocycles. The fourth-order valence-electron chi connectivity index (χ4n) is 2.11. The predicted octanol–water partition coefficient (Wildman–Crippen LogP) is 1.69. The molecule has 2 aromatic rings. The Labute approximate surface area is 141 Å². The van der Waals surface area contributed by atoms with Gasteiger partial charge in [0.2, 0.25) is 0 Å². The molecule has 2 N–H and O–H groups in total. The zero-order valence-electron chi connectivity index (χ0n) is 12.5. The van der Waals surface area contributed by atoms with E-state index in [2.05, 4.69) is 10.3 Å². The summed E-state index contributed by atoms with van der Waals surface area (Å²) in [4.78, 5) is 27.7. The smallest absolute Gasteiger partial charge is 0.335 e. The summed E-state index contributed by atoms with van der Waals surface area (Å²) in [5.41, 5.74) is 0.804. The number of aromatic carboxylic acids is 1. The summed E-state index contributed by atoms with van der Waals surface area (Å²) < 4.78 is 1.88. The van der Waals surface area contributed by atoms with E-state index in [-0.39, 0.29) is 17.2 Å². The molecule has 0 radical (unpaired) electrons. The van der Waals surface area contributed by atoms with Gasteiger partial charge in [0.15, 0.2) is 5.17 Å². The van der Waals surface area contributed by atoms with Crippen molar-refractivity contribution in [2.45, 2.75) is 0 Å². The third-order valence-corrected chi connectivity index (χ3v) is 4.25. The Morgan fingerprint density at radius 1 is 1.42 bits per heavy atom. The number of aliphatic imine (C=N–C) groups is 1. The SMILES string of the molecule is Cn1cccc1/C=C1/SC(=Nc2ccc([O-])c(C(=O)O)c2)NC1=O. The van der Waals surface area contributed by atoms with Gasteiger partial charge in [0.25, 0.3) is 5.91 Å². The van der Waals surface area contributed by atoms with Gasteiger partial charge < -0.3 is 20.1 Å². The molecule has 0 aliphatic carbocycles. The van der Waals surface area contributed by atoms with E-state index in [4.69, 9.17) is 5.11 Å². The molecule has 1 aromatic heterocycles. The summed E-state index contributed by atoms with van der Waals surface area (Å²) >= 11 is 1.15. The lowest BCUT2D eigenvalue weighted by atomic mass is 10.2. The van der Waals surface area contributed by atoms with E-state index < -0.39 is 11.7 Å². The number of hydrogen-bond acceptors (Lipinski definition) is 5. The summed E-state index contributed by atoms with van der Waals surface area (Å²) in [7, 11) is 1.87. The Bertz CT molecular complexity index is 898. The predicted molar refractivity (Wildman–Crippen MR) is 89.1 cm³/mol. The molecular weight excluding hydrogens is 330 g/mol.